The van der Waals surface area contributed by atoms with Crippen LogP contribution in [0.15, 0.2) is 42.7 Å². The first kappa shape index (κ1) is 27.7. The van der Waals surface area contributed by atoms with Gasteiger partial charge in [-0.25, -0.2) is 0 Å². The Hall–Kier alpha value is -2.51. The van der Waals surface area contributed by atoms with Gasteiger partial charge in [0.2, 0.25) is 0 Å². The number of anilines is 2. The highest BCUT2D eigenvalue weighted by molar-refractivity contribution is 5.99. The van der Waals surface area contributed by atoms with Crippen LogP contribution in [0.2, 0.25) is 0 Å². The summed E-state index contributed by atoms with van der Waals surface area (Å²) in [5.74, 6) is 0.967. The molecule has 0 atom stereocenters. The zero-order valence-corrected chi connectivity index (χ0v) is 22.0. The molecule has 8 heteroatoms. The highest BCUT2D eigenvalue weighted by Gasteiger charge is 2.24. The number of aromatic nitrogens is 1. The Balaban J connectivity index is 0.00000408. The molecular formula is C26H40ClN5O2. The average Bonchev–Trinajstić information content (AvgIpc) is 2.82. The maximum atomic E-state index is 13.1. The van der Waals surface area contributed by atoms with Crippen molar-refractivity contribution in [2.45, 2.75) is 46.2 Å². The summed E-state index contributed by atoms with van der Waals surface area (Å²) in [5, 5.41) is 3.48. The van der Waals surface area contributed by atoms with Crippen LogP contribution < -0.4 is 15.0 Å². The monoisotopic (exact) mass is 489 g/mol. The van der Waals surface area contributed by atoms with Crippen molar-refractivity contribution in [2.75, 3.05) is 56.6 Å². The first-order valence-electron chi connectivity index (χ1n) is 12.0. The lowest BCUT2D eigenvalue weighted by molar-refractivity contribution is 0.0644. The van der Waals surface area contributed by atoms with E-state index in [9.17, 15) is 4.79 Å². The molecule has 0 radical (unpaired) electrons. The van der Waals surface area contributed by atoms with Gasteiger partial charge in [-0.2, -0.15) is 0 Å². The van der Waals surface area contributed by atoms with Gasteiger partial charge < -0.3 is 19.9 Å². The van der Waals surface area contributed by atoms with Crippen molar-refractivity contribution in [1.29, 1.82) is 0 Å². The van der Waals surface area contributed by atoms with Gasteiger partial charge in [-0.3, -0.25) is 14.7 Å². The van der Waals surface area contributed by atoms with Crippen molar-refractivity contribution in [3.05, 3.63) is 48.3 Å². The smallest absolute Gasteiger partial charge is 0.257 e. The first-order valence-corrected chi connectivity index (χ1v) is 12.0. The Labute approximate surface area is 210 Å². The number of hydrogen-bond donors (Lipinski definition) is 1. The van der Waals surface area contributed by atoms with Gasteiger partial charge >= 0.3 is 0 Å². The largest absolute Gasteiger partial charge is 0.495 e. The number of hydrogen-bond acceptors (Lipinski definition) is 6. The Morgan fingerprint density at radius 2 is 1.76 bits per heavy atom. The van der Waals surface area contributed by atoms with Crippen LogP contribution in [0.5, 0.6) is 5.75 Å². The van der Waals surface area contributed by atoms with Crippen LogP contribution in [-0.2, 0) is 0 Å². The minimum absolute atomic E-state index is 0. The summed E-state index contributed by atoms with van der Waals surface area (Å²) < 4.78 is 5.52. The van der Waals surface area contributed by atoms with Crippen molar-refractivity contribution < 1.29 is 9.53 Å². The van der Waals surface area contributed by atoms with Crippen LogP contribution in [0.3, 0.4) is 0 Å². The first-order chi connectivity index (χ1) is 15.9. The summed E-state index contributed by atoms with van der Waals surface area (Å²) in [4.78, 5) is 24.2. The highest BCUT2D eigenvalue weighted by atomic mass is 35.5. The number of rotatable bonds is 10. The molecule has 2 heterocycles. The molecule has 1 aromatic carbocycles. The number of ether oxygens (including phenoxy) is 1. The van der Waals surface area contributed by atoms with E-state index in [-0.39, 0.29) is 30.4 Å². The minimum atomic E-state index is 0. The molecule has 0 bridgehead atoms. The highest BCUT2D eigenvalue weighted by Crippen LogP contribution is 2.28. The second-order valence-electron chi connectivity index (χ2n) is 9.10. The lowest BCUT2D eigenvalue weighted by atomic mass is 10.1. The van der Waals surface area contributed by atoms with E-state index in [0.29, 0.717) is 5.56 Å². The number of carbonyl (C=O) groups excluding carboxylic acids is 1. The van der Waals surface area contributed by atoms with Crippen LogP contribution in [0.1, 0.15) is 44.5 Å². The average molecular weight is 490 g/mol. The van der Waals surface area contributed by atoms with Crippen LogP contribution in [0, 0.1) is 0 Å². The van der Waals surface area contributed by atoms with Crippen molar-refractivity contribution in [2.24, 2.45) is 0 Å². The second kappa shape index (κ2) is 13.4. The zero-order chi connectivity index (χ0) is 23.8. The zero-order valence-electron chi connectivity index (χ0n) is 21.2. The molecule has 1 saturated heterocycles. The molecule has 1 N–H and O–H groups in total. The molecule has 1 fully saturated rings. The predicted molar refractivity (Wildman–Crippen MR) is 143 cm³/mol. The number of methoxy groups -OCH3 is 1. The number of benzene rings is 1. The molecule has 1 aromatic heterocycles. The van der Waals surface area contributed by atoms with E-state index in [1.165, 1.54) is 5.69 Å². The molecule has 1 aliphatic rings. The van der Waals surface area contributed by atoms with E-state index < -0.39 is 0 Å². The topological polar surface area (TPSA) is 60.9 Å². The van der Waals surface area contributed by atoms with E-state index in [2.05, 4.69) is 59.9 Å². The molecule has 7 nitrogen and oxygen atoms in total. The van der Waals surface area contributed by atoms with Gasteiger partial charge in [0, 0.05) is 57.2 Å². The molecule has 0 aliphatic carbocycles. The summed E-state index contributed by atoms with van der Waals surface area (Å²) in [7, 11) is 1.73. The lowest BCUT2D eigenvalue weighted by Gasteiger charge is -2.36. The number of nitrogens with zero attached hydrogens (tertiary/aromatic N) is 4. The summed E-state index contributed by atoms with van der Waals surface area (Å²) in [6.07, 6.45) is 4.44. The Bertz CT molecular complexity index is 892. The van der Waals surface area contributed by atoms with Gasteiger partial charge in [0.25, 0.3) is 5.91 Å². The number of carbonyl (C=O) groups is 1. The molecule has 34 heavy (non-hydrogen) atoms. The molecule has 2 aromatic rings. The van der Waals surface area contributed by atoms with Gasteiger partial charge in [-0.05, 0) is 58.9 Å². The van der Waals surface area contributed by atoms with Gasteiger partial charge in [0.1, 0.15) is 5.75 Å². The van der Waals surface area contributed by atoms with Crippen LogP contribution in [0.4, 0.5) is 11.4 Å². The quantitative estimate of drug-likeness (QED) is 0.499. The van der Waals surface area contributed by atoms with Crippen LogP contribution in [-0.4, -0.2) is 79.2 Å². The molecule has 0 spiro atoms. The Morgan fingerprint density at radius 3 is 2.41 bits per heavy atom. The maximum absolute atomic E-state index is 13.1. The Kier molecular flexibility index (Phi) is 10.9. The molecular weight excluding hydrogens is 450 g/mol. The van der Waals surface area contributed by atoms with E-state index in [0.717, 1.165) is 57.1 Å². The number of amides is 1. The van der Waals surface area contributed by atoms with Crippen molar-refractivity contribution in [3.8, 4) is 5.75 Å². The third-order valence-corrected chi connectivity index (χ3v) is 6.16. The third-order valence-electron chi connectivity index (χ3n) is 6.16. The molecule has 0 saturated carbocycles. The van der Waals surface area contributed by atoms with E-state index >= 15 is 0 Å². The Morgan fingerprint density at radius 1 is 1.09 bits per heavy atom. The number of halogens is 1. The van der Waals surface area contributed by atoms with Gasteiger partial charge in [0.05, 0.1) is 24.0 Å². The van der Waals surface area contributed by atoms with E-state index in [1.807, 2.05) is 23.1 Å². The SMILES string of the molecule is COc1ccccc1N1CCN(CCCNc2ccncc2C(=O)N(C(C)C)C(C)C)CC1.Cl. The number of piperazine rings is 1. The fourth-order valence-electron chi connectivity index (χ4n) is 4.55. The lowest BCUT2D eigenvalue weighted by Crippen LogP contribution is -2.47. The fourth-order valence-corrected chi connectivity index (χ4v) is 4.55. The fraction of sp³-hybridized carbons (Fsp3) is 0.538. The summed E-state index contributed by atoms with van der Waals surface area (Å²) in [6, 6.07) is 10.4. The predicted octanol–water partition coefficient (Wildman–Crippen LogP) is 4.40. The minimum Gasteiger partial charge on any atom is -0.495 e. The van der Waals surface area contributed by atoms with Crippen molar-refractivity contribution in [3.63, 3.8) is 0 Å². The van der Waals surface area contributed by atoms with Gasteiger partial charge in [-0.1, -0.05) is 12.1 Å². The van der Waals surface area contributed by atoms with E-state index in [4.69, 9.17) is 4.74 Å². The third kappa shape index (κ3) is 7.00. The molecule has 0 unspecified atom stereocenters. The molecule has 3 rings (SSSR count). The number of para-hydroxylation sites is 2. The van der Waals surface area contributed by atoms with Crippen LogP contribution >= 0.6 is 12.4 Å². The van der Waals surface area contributed by atoms with Gasteiger partial charge in [0.15, 0.2) is 0 Å². The number of pyridine rings is 1. The molecule has 1 aliphatic heterocycles. The summed E-state index contributed by atoms with van der Waals surface area (Å²) in [6.45, 7) is 14.1. The van der Waals surface area contributed by atoms with Crippen molar-refractivity contribution in [1.82, 2.24) is 14.8 Å². The maximum Gasteiger partial charge on any atom is 0.257 e. The summed E-state index contributed by atoms with van der Waals surface area (Å²) >= 11 is 0. The number of nitrogens with one attached hydrogen (secondary N) is 1. The normalized spacial score (nSPS) is 14.1. The standard InChI is InChI=1S/C26H39N5O2.ClH/c1-20(2)31(21(3)4)26(32)22-19-27-13-11-23(22)28-12-8-14-29-15-17-30(18-16-29)24-9-6-7-10-25(24)33-5;/h6-7,9-11,13,19-21H,8,12,14-18H2,1-5H3,(H,27,28);1H. The molecule has 1 amide bonds. The van der Waals surface area contributed by atoms with Gasteiger partial charge in [-0.15, -0.1) is 12.4 Å². The van der Waals surface area contributed by atoms with E-state index in [1.54, 1.807) is 19.5 Å². The second-order valence-corrected chi connectivity index (χ2v) is 9.10. The molecule has 188 valence electrons. The van der Waals surface area contributed by atoms with Crippen LogP contribution in [0.25, 0.3) is 0 Å². The van der Waals surface area contributed by atoms with Crippen molar-refractivity contribution >= 4 is 29.7 Å². The summed E-state index contributed by atoms with van der Waals surface area (Å²) in [5.41, 5.74) is 2.68.